The first-order chi connectivity index (χ1) is 6.11. The molecule has 1 atom stereocenters. The van der Waals surface area contributed by atoms with Crippen LogP contribution in [0.4, 0.5) is 0 Å². The normalized spacial score (nSPS) is 19.9. The Hall–Kier alpha value is -0.220. The van der Waals surface area contributed by atoms with E-state index in [1.54, 1.807) is 0 Å². The molecule has 0 aromatic heterocycles. The Morgan fingerprint density at radius 2 is 2.00 bits per heavy atom. The molecule has 0 saturated carbocycles. The molecule has 0 amide bonds. The van der Waals surface area contributed by atoms with Gasteiger partial charge >= 0.3 is 0 Å². The van der Waals surface area contributed by atoms with Crippen molar-refractivity contribution in [2.45, 2.75) is 33.2 Å². The van der Waals surface area contributed by atoms with Gasteiger partial charge in [-0.3, -0.25) is 0 Å². The van der Waals surface area contributed by atoms with E-state index in [9.17, 15) is 0 Å². The van der Waals surface area contributed by atoms with Crippen molar-refractivity contribution >= 4 is 34.5 Å². The van der Waals surface area contributed by atoms with Crippen LogP contribution in [0.15, 0.2) is 0 Å². The largest absolute Gasteiger partial charge is 0.342 e. The Kier molecular flexibility index (Phi) is 3.62. The summed E-state index contributed by atoms with van der Waals surface area (Å²) in [5, 5.41) is 0.904. The van der Waals surface area contributed by atoms with Crippen LogP contribution in [0.25, 0.3) is 0 Å². The van der Waals surface area contributed by atoms with Gasteiger partial charge in [0.05, 0.1) is 6.54 Å². The van der Waals surface area contributed by atoms with E-state index in [1.807, 2.05) is 0 Å². The predicted molar refractivity (Wildman–Crippen MR) is 64.0 cm³/mol. The summed E-state index contributed by atoms with van der Waals surface area (Å²) in [6.07, 6.45) is 1.08. The molecule has 0 spiro atoms. The summed E-state index contributed by atoms with van der Waals surface area (Å²) in [5.74, 6) is 0. The van der Waals surface area contributed by atoms with Gasteiger partial charge in [0.15, 0.2) is 5.11 Å². The van der Waals surface area contributed by atoms with Crippen molar-refractivity contribution in [1.82, 2.24) is 9.80 Å². The molecule has 1 rings (SSSR count). The maximum Gasteiger partial charge on any atom is 0.177 e. The topological polar surface area (TPSA) is 6.48 Å². The van der Waals surface area contributed by atoms with Crippen molar-refractivity contribution in [2.24, 2.45) is 0 Å². The van der Waals surface area contributed by atoms with Gasteiger partial charge in [-0.2, -0.15) is 0 Å². The van der Waals surface area contributed by atoms with Crippen molar-refractivity contribution in [3.05, 3.63) is 0 Å². The van der Waals surface area contributed by atoms with Crippen LogP contribution in [-0.4, -0.2) is 39.0 Å². The van der Waals surface area contributed by atoms with Crippen LogP contribution in [0, 0.1) is 0 Å². The number of rotatable bonds is 3. The molecule has 4 heteroatoms. The van der Waals surface area contributed by atoms with Crippen LogP contribution in [0.5, 0.6) is 0 Å². The van der Waals surface area contributed by atoms with Crippen LogP contribution in [0.1, 0.15) is 27.2 Å². The zero-order chi connectivity index (χ0) is 10.0. The fourth-order valence-corrected chi connectivity index (χ4v) is 2.39. The second kappa shape index (κ2) is 4.33. The van der Waals surface area contributed by atoms with Gasteiger partial charge in [0.2, 0.25) is 0 Å². The molecule has 13 heavy (non-hydrogen) atoms. The lowest BCUT2D eigenvalue weighted by Gasteiger charge is -2.25. The lowest BCUT2D eigenvalue weighted by atomic mass is 10.2. The minimum absolute atomic E-state index is 0.441. The molecule has 2 nitrogen and oxygen atoms in total. The van der Waals surface area contributed by atoms with E-state index < -0.39 is 0 Å². The first kappa shape index (κ1) is 10.9. The summed E-state index contributed by atoms with van der Waals surface area (Å²) in [5.41, 5.74) is 0. The van der Waals surface area contributed by atoms with Gasteiger partial charge in [0, 0.05) is 12.6 Å². The zero-order valence-electron chi connectivity index (χ0n) is 8.41. The van der Waals surface area contributed by atoms with Crippen LogP contribution in [-0.2, 0) is 0 Å². The third-order valence-electron chi connectivity index (χ3n) is 2.48. The lowest BCUT2D eigenvalue weighted by molar-refractivity contribution is 0.438. The fourth-order valence-electron chi connectivity index (χ4n) is 1.43. The van der Waals surface area contributed by atoms with Crippen LogP contribution < -0.4 is 0 Å². The first-order valence-electron chi connectivity index (χ1n) is 4.72. The summed E-state index contributed by atoms with van der Waals surface area (Å²) < 4.78 is 0. The van der Waals surface area contributed by atoms with E-state index in [2.05, 4.69) is 30.6 Å². The molecule has 1 aliphatic rings. The highest BCUT2D eigenvalue weighted by Crippen LogP contribution is 2.16. The second-order valence-corrected chi connectivity index (χ2v) is 4.15. The van der Waals surface area contributed by atoms with Gasteiger partial charge in [-0.1, -0.05) is 19.1 Å². The van der Waals surface area contributed by atoms with E-state index in [0.717, 1.165) is 29.6 Å². The van der Waals surface area contributed by atoms with Crippen molar-refractivity contribution in [2.75, 3.05) is 13.1 Å². The molecule has 1 unspecified atom stereocenters. The van der Waals surface area contributed by atoms with Gasteiger partial charge in [-0.25, -0.2) is 0 Å². The molecule has 0 radical (unpaired) electrons. The van der Waals surface area contributed by atoms with Gasteiger partial charge in [0.25, 0.3) is 0 Å². The fraction of sp³-hybridized carbons (Fsp3) is 0.778. The van der Waals surface area contributed by atoms with E-state index in [0.29, 0.717) is 6.04 Å². The highest BCUT2D eigenvalue weighted by molar-refractivity contribution is 7.82. The molecule has 1 heterocycles. The predicted octanol–water partition coefficient (Wildman–Crippen LogP) is 2.03. The van der Waals surface area contributed by atoms with Crippen LogP contribution in [0.3, 0.4) is 0 Å². The second-order valence-electron chi connectivity index (χ2n) is 3.32. The average molecular weight is 216 g/mol. The Morgan fingerprint density at radius 1 is 1.38 bits per heavy atom. The quantitative estimate of drug-likeness (QED) is 0.666. The van der Waals surface area contributed by atoms with Crippen molar-refractivity contribution < 1.29 is 0 Å². The maximum absolute atomic E-state index is 5.34. The smallest absolute Gasteiger partial charge is 0.177 e. The number of likely N-dealkylation sites (N-methyl/N-ethyl adjacent to an activating group) is 1. The highest BCUT2D eigenvalue weighted by atomic mass is 32.1. The Labute approximate surface area is 90.9 Å². The van der Waals surface area contributed by atoms with Crippen molar-refractivity contribution in [1.29, 1.82) is 0 Å². The Balaban J connectivity index is 2.75. The minimum Gasteiger partial charge on any atom is -0.342 e. The molecule has 1 aliphatic heterocycles. The molecule has 74 valence electrons. The molecule has 0 bridgehead atoms. The number of hydrogen-bond donors (Lipinski definition) is 0. The molecule has 1 saturated heterocycles. The van der Waals surface area contributed by atoms with Gasteiger partial charge in [-0.05, 0) is 32.5 Å². The molecule has 1 fully saturated rings. The van der Waals surface area contributed by atoms with E-state index in [-0.39, 0.29) is 0 Å². The molecule has 0 aromatic carbocycles. The number of thiocarbonyl (C=S) groups is 2. The van der Waals surface area contributed by atoms with Gasteiger partial charge in [0.1, 0.15) is 4.99 Å². The standard InChI is InChI=1S/C9H16N2S2/c1-4-7(3)11-8(12)6-10(5-2)9(11)13/h7H,4-6H2,1-3H3. The molecular weight excluding hydrogens is 200 g/mol. The Morgan fingerprint density at radius 3 is 2.38 bits per heavy atom. The summed E-state index contributed by atoms with van der Waals surface area (Å²) in [4.78, 5) is 5.22. The molecule has 0 N–H and O–H groups in total. The van der Waals surface area contributed by atoms with Crippen molar-refractivity contribution in [3.63, 3.8) is 0 Å². The van der Waals surface area contributed by atoms with Crippen molar-refractivity contribution in [3.8, 4) is 0 Å². The molecule has 0 aliphatic carbocycles. The third kappa shape index (κ3) is 1.99. The van der Waals surface area contributed by atoms with Crippen LogP contribution >= 0.6 is 24.4 Å². The van der Waals surface area contributed by atoms with E-state index in [4.69, 9.17) is 24.4 Å². The SMILES string of the molecule is CCC(C)N1C(=S)CN(CC)C1=S. The summed E-state index contributed by atoms with van der Waals surface area (Å²) in [6.45, 7) is 8.21. The Bertz CT molecular complexity index is 228. The monoisotopic (exact) mass is 216 g/mol. The number of hydrogen-bond acceptors (Lipinski definition) is 2. The zero-order valence-corrected chi connectivity index (χ0v) is 10.0. The maximum atomic E-state index is 5.34. The summed E-state index contributed by atoms with van der Waals surface area (Å²) >= 11 is 10.6. The third-order valence-corrected chi connectivity index (χ3v) is 3.27. The number of nitrogens with zero attached hydrogens (tertiary/aromatic N) is 2. The van der Waals surface area contributed by atoms with E-state index >= 15 is 0 Å². The molecule has 0 aromatic rings. The summed E-state index contributed by atoms with van der Waals surface area (Å²) in [7, 11) is 0. The van der Waals surface area contributed by atoms with Gasteiger partial charge < -0.3 is 9.80 Å². The van der Waals surface area contributed by atoms with Crippen LogP contribution in [0.2, 0.25) is 0 Å². The lowest BCUT2D eigenvalue weighted by Crippen LogP contribution is -2.38. The minimum atomic E-state index is 0.441. The first-order valence-corrected chi connectivity index (χ1v) is 5.54. The average Bonchev–Trinajstić information content (AvgIpc) is 2.40. The summed E-state index contributed by atoms with van der Waals surface area (Å²) in [6, 6.07) is 0.441. The molecular formula is C9H16N2S2. The van der Waals surface area contributed by atoms with E-state index in [1.165, 1.54) is 0 Å². The highest BCUT2D eigenvalue weighted by Gasteiger charge is 2.30. The van der Waals surface area contributed by atoms with Gasteiger partial charge in [-0.15, -0.1) is 0 Å².